The summed E-state index contributed by atoms with van der Waals surface area (Å²) in [7, 11) is 0. The topological polar surface area (TPSA) is 78.5 Å². The van der Waals surface area contributed by atoms with Gasteiger partial charge in [-0.15, -0.1) is 0 Å². The van der Waals surface area contributed by atoms with E-state index in [2.05, 4.69) is 10.6 Å². The Bertz CT molecular complexity index is 882. The third-order valence-electron chi connectivity index (χ3n) is 5.34. The fraction of sp³-hybridized carbons (Fsp3) is 0.375. The number of amides is 3. The summed E-state index contributed by atoms with van der Waals surface area (Å²) in [5, 5.41) is 5.68. The standard InChI is InChI=1S/C24H29N3O3/c1-18-9-8-12-20(15-18)24(30)26-17-23(29)27-14-7-3-6-13-25-22(28)16-21(27)19-10-4-2-5-11-19/h2,4-5,8-12,15,21H,3,6-7,13-14,16-17H2,1H3,(H,25,28)(H,26,30). The lowest BCUT2D eigenvalue weighted by Crippen LogP contribution is -2.44. The molecule has 6 nitrogen and oxygen atoms in total. The van der Waals surface area contributed by atoms with Gasteiger partial charge in [0.05, 0.1) is 19.0 Å². The lowest BCUT2D eigenvalue weighted by atomic mass is 10.00. The molecule has 2 aromatic rings. The minimum Gasteiger partial charge on any atom is -0.356 e. The maximum Gasteiger partial charge on any atom is 0.251 e. The fourth-order valence-electron chi connectivity index (χ4n) is 3.74. The van der Waals surface area contributed by atoms with E-state index in [0.29, 0.717) is 18.7 Å². The lowest BCUT2D eigenvalue weighted by molar-refractivity contribution is -0.134. The molecule has 1 unspecified atom stereocenters. The largest absolute Gasteiger partial charge is 0.356 e. The second kappa shape index (κ2) is 10.6. The van der Waals surface area contributed by atoms with Crippen LogP contribution in [-0.4, -0.2) is 42.3 Å². The van der Waals surface area contributed by atoms with E-state index >= 15 is 0 Å². The van der Waals surface area contributed by atoms with Crippen LogP contribution in [0.4, 0.5) is 0 Å². The molecule has 2 aromatic carbocycles. The Hall–Kier alpha value is -3.15. The van der Waals surface area contributed by atoms with Crippen LogP contribution in [0.5, 0.6) is 0 Å². The molecule has 0 bridgehead atoms. The van der Waals surface area contributed by atoms with Gasteiger partial charge in [-0.2, -0.15) is 0 Å². The molecule has 3 amide bonds. The van der Waals surface area contributed by atoms with Crippen molar-refractivity contribution in [1.82, 2.24) is 15.5 Å². The summed E-state index contributed by atoms with van der Waals surface area (Å²) in [4.78, 5) is 39.8. The smallest absolute Gasteiger partial charge is 0.251 e. The molecule has 0 aromatic heterocycles. The van der Waals surface area contributed by atoms with E-state index in [1.54, 1.807) is 17.0 Å². The van der Waals surface area contributed by atoms with Crippen molar-refractivity contribution < 1.29 is 14.4 Å². The number of hydrogen-bond acceptors (Lipinski definition) is 3. The number of hydrogen-bond donors (Lipinski definition) is 2. The van der Waals surface area contributed by atoms with Crippen LogP contribution < -0.4 is 10.6 Å². The second-order valence-corrected chi connectivity index (χ2v) is 7.68. The highest BCUT2D eigenvalue weighted by molar-refractivity contribution is 5.96. The quantitative estimate of drug-likeness (QED) is 0.818. The first-order chi connectivity index (χ1) is 14.5. The van der Waals surface area contributed by atoms with Gasteiger partial charge in [-0.05, 0) is 43.9 Å². The number of benzene rings is 2. The van der Waals surface area contributed by atoms with Crippen molar-refractivity contribution in [3.05, 3.63) is 71.3 Å². The van der Waals surface area contributed by atoms with Crippen LogP contribution in [0.2, 0.25) is 0 Å². The Morgan fingerprint density at radius 1 is 1.07 bits per heavy atom. The molecule has 1 fully saturated rings. The van der Waals surface area contributed by atoms with Crippen molar-refractivity contribution in [2.24, 2.45) is 0 Å². The van der Waals surface area contributed by atoms with Gasteiger partial charge in [0.1, 0.15) is 0 Å². The molecule has 0 saturated carbocycles. The second-order valence-electron chi connectivity index (χ2n) is 7.68. The van der Waals surface area contributed by atoms with E-state index in [1.165, 1.54) is 0 Å². The van der Waals surface area contributed by atoms with Gasteiger partial charge in [-0.1, -0.05) is 48.0 Å². The van der Waals surface area contributed by atoms with E-state index in [0.717, 1.165) is 30.4 Å². The molecule has 2 N–H and O–H groups in total. The number of nitrogens with one attached hydrogen (secondary N) is 2. The van der Waals surface area contributed by atoms with Gasteiger partial charge < -0.3 is 15.5 Å². The van der Waals surface area contributed by atoms with Crippen molar-refractivity contribution >= 4 is 17.7 Å². The van der Waals surface area contributed by atoms with Crippen molar-refractivity contribution in [2.45, 2.75) is 38.6 Å². The number of rotatable bonds is 4. The molecule has 1 aliphatic heterocycles. The molecular formula is C24H29N3O3. The van der Waals surface area contributed by atoms with Crippen molar-refractivity contribution in [2.75, 3.05) is 19.6 Å². The molecule has 1 aliphatic rings. The Balaban J connectivity index is 1.75. The Kier molecular flexibility index (Phi) is 7.60. The van der Waals surface area contributed by atoms with Gasteiger partial charge >= 0.3 is 0 Å². The zero-order valence-electron chi connectivity index (χ0n) is 17.4. The number of carbonyl (C=O) groups excluding carboxylic acids is 3. The molecule has 158 valence electrons. The van der Waals surface area contributed by atoms with Crippen molar-refractivity contribution in [3.8, 4) is 0 Å². The molecular weight excluding hydrogens is 378 g/mol. The van der Waals surface area contributed by atoms with Gasteiger partial charge in [-0.3, -0.25) is 14.4 Å². The zero-order valence-corrected chi connectivity index (χ0v) is 17.4. The summed E-state index contributed by atoms with van der Waals surface area (Å²) in [6.07, 6.45) is 2.90. The van der Waals surface area contributed by atoms with Crippen LogP contribution in [-0.2, 0) is 9.59 Å². The van der Waals surface area contributed by atoms with Crippen LogP contribution in [0, 0.1) is 6.92 Å². The first-order valence-electron chi connectivity index (χ1n) is 10.5. The molecule has 1 heterocycles. The third kappa shape index (κ3) is 5.92. The predicted molar refractivity (Wildman–Crippen MR) is 116 cm³/mol. The fourth-order valence-corrected chi connectivity index (χ4v) is 3.74. The molecule has 0 radical (unpaired) electrons. The number of carbonyl (C=O) groups is 3. The van der Waals surface area contributed by atoms with E-state index < -0.39 is 0 Å². The molecule has 3 rings (SSSR count). The average molecular weight is 408 g/mol. The van der Waals surface area contributed by atoms with Gasteiger partial charge in [0.2, 0.25) is 11.8 Å². The van der Waals surface area contributed by atoms with Crippen LogP contribution in [0.3, 0.4) is 0 Å². The molecule has 1 saturated heterocycles. The van der Waals surface area contributed by atoms with E-state index in [4.69, 9.17) is 0 Å². The lowest BCUT2D eigenvalue weighted by Gasteiger charge is -2.33. The molecule has 6 heteroatoms. The van der Waals surface area contributed by atoms with Crippen LogP contribution in [0.15, 0.2) is 54.6 Å². The molecule has 0 spiro atoms. The average Bonchev–Trinajstić information content (AvgIpc) is 2.76. The minimum absolute atomic E-state index is 0.0626. The first-order valence-corrected chi connectivity index (χ1v) is 10.5. The number of aryl methyl sites for hydroxylation is 1. The maximum atomic E-state index is 13.1. The van der Waals surface area contributed by atoms with Crippen LogP contribution in [0.25, 0.3) is 0 Å². The van der Waals surface area contributed by atoms with Crippen molar-refractivity contribution in [1.29, 1.82) is 0 Å². The molecule has 30 heavy (non-hydrogen) atoms. The number of nitrogens with zero attached hydrogens (tertiary/aromatic N) is 1. The summed E-state index contributed by atoms with van der Waals surface area (Å²) in [6.45, 7) is 3.05. The molecule has 0 aliphatic carbocycles. The Morgan fingerprint density at radius 2 is 1.87 bits per heavy atom. The van der Waals surface area contributed by atoms with Gasteiger partial charge in [-0.25, -0.2) is 0 Å². The van der Waals surface area contributed by atoms with Gasteiger partial charge in [0.15, 0.2) is 0 Å². The summed E-state index contributed by atoms with van der Waals surface area (Å²) < 4.78 is 0. The first kappa shape index (κ1) is 21.6. The van der Waals surface area contributed by atoms with E-state index in [1.807, 2.05) is 49.4 Å². The predicted octanol–water partition coefficient (Wildman–Crippen LogP) is 2.98. The summed E-state index contributed by atoms with van der Waals surface area (Å²) in [5.74, 6) is -0.521. The highest BCUT2D eigenvalue weighted by Crippen LogP contribution is 2.26. The van der Waals surface area contributed by atoms with Crippen LogP contribution >= 0.6 is 0 Å². The SMILES string of the molecule is Cc1cccc(C(=O)NCC(=O)N2CCCCCNC(=O)CC2c2ccccc2)c1. The minimum atomic E-state index is -0.354. The third-order valence-corrected chi connectivity index (χ3v) is 5.34. The van der Waals surface area contributed by atoms with Crippen molar-refractivity contribution in [3.63, 3.8) is 0 Å². The highest BCUT2D eigenvalue weighted by atomic mass is 16.2. The summed E-state index contributed by atoms with van der Waals surface area (Å²) >= 11 is 0. The highest BCUT2D eigenvalue weighted by Gasteiger charge is 2.28. The Morgan fingerprint density at radius 3 is 2.63 bits per heavy atom. The zero-order chi connectivity index (χ0) is 21.3. The summed E-state index contributed by atoms with van der Waals surface area (Å²) in [5.41, 5.74) is 2.44. The maximum absolute atomic E-state index is 13.1. The van der Waals surface area contributed by atoms with E-state index in [-0.39, 0.29) is 36.7 Å². The summed E-state index contributed by atoms with van der Waals surface area (Å²) in [6, 6.07) is 16.5. The van der Waals surface area contributed by atoms with Gasteiger partial charge in [0.25, 0.3) is 5.91 Å². The monoisotopic (exact) mass is 407 g/mol. The van der Waals surface area contributed by atoms with E-state index in [9.17, 15) is 14.4 Å². The van der Waals surface area contributed by atoms with Crippen LogP contribution in [0.1, 0.15) is 53.2 Å². The Labute approximate surface area is 177 Å². The molecule has 1 atom stereocenters. The van der Waals surface area contributed by atoms with Gasteiger partial charge in [0, 0.05) is 18.7 Å². The normalized spacial score (nSPS) is 17.7.